The van der Waals surface area contributed by atoms with Crippen molar-refractivity contribution in [2.45, 2.75) is 45.7 Å². The Hall–Kier alpha value is -2.53. The van der Waals surface area contributed by atoms with E-state index in [0.717, 1.165) is 37.5 Å². The molecular weight excluding hydrogens is 376 g/mol. The van der Waals surface area contributed by atoms with Crippen LogP contribution in [0.2, 0.25) is 0 Å². The number of amides is 1. The van der Waals surface area contributed by atoms with Crippen molar-refractivity contribution in [3.8, 4) is 11.5 Å². The van der Waals surface area contributed by atoms with Crippen LogP contribution in [0.3, 0.4) is 0 Å². The number of carbonyl (C=O) groups excluding carboxylic acids is 1. The van der Waals surface area contributed by atoms with Gasteiger partial charge in [-0.2, -0.15) is 0 Å². The Labute approximate surface area is 180 Å². The summed E-state index contributed by atoms with van der Waals surface area (Å²) < 4.78 is 10.7. The Balaban J connectivity index is 1.64. The zero-order valence-corrected chi connectivity index (χ0v) is 18.6. The summed E-state index contributed by atoms with van der Waals surface area (Å²) in [6.07, 6.45) is 3.39. The lowest BCUT2D eigenvalue weighted by atomic mass is 9.99. The number of carbonyl (C=O) groups is 1. The maximum Gasteiger partial charge on any atom is 0.251 e. The average molecular weight is 411 g/mol. The lowest BCUT2D eigenvalue weighted by Gasteiger charge is -2.30. The van der Waals surface area contributed by atoms with Gasteiger partial charge in [0.15, 0.2) is 11.5 Å². The highest BCUT2D eigenvalue weighted by Gasteiger charge is 2.18. The molecule has 1 fully saturated rings. The smallest absolute Gasteiger partial charge is 0.251 e. The largest absolute Gasteiger partial charge is 0.493 e. The summed E-state index contributed by atoms with van der Waals surface area (Å²) in [4.78, 5) is 15.3. The summed E-state index contributed by atoms with van der Waals surface area (Å²) in [7, 11) is 3.24. The van der Waals surface area contributed by atoms with Crippen LogP contribution in [0.15, 0.2) is 42.5 Å². The summed E-state index contributed by atoms with van der Waals surface area (Å²) in [5.74, 6) is 2.06. The number of hydrogen-bond donors (Lipinski definition) is 1. The van der Waals surface area contributed by atoms with Crippen LogP contribution in [0.5, 0.6) is 11.5 Å². The zero-order valence-electron chi connectivity index (χ0n) is 18.6. The van der Waals surface area contributed by atoms with Crippen molar-refractivity contribution in [3.63, 3.8) is 0 Å². The monoisotopic (exact) mass is 410 g/mol. The highest BCUT2D eigenvalue weighted by atomic mass is 16.5. The van der Waals surface area contributed by atoms with Crippen molar-refractivity contribution < 1.29 is 14.3 Å². The van der Waals surface area contributed by atoms with Crippen LogP contribution in [0.1, 0.15) is 60.6 Å². The van der Waals surface area contributed by atoms with E-state index in [2.05, 4.69) is 36.2 Å². The number of piperidine rings is 1. The quantitative estimate of drug-likeness (QED) is 0.678. The van der Waals surface area contributed by atoms with Gasteiger partial charge in [0.1, 0.15) is 0 Å². The Morgan fingerprint density at radius 3 is 2.50 bits per heavy atom. The minimum atomic E-state index is -0.0909. The minimum absolute atomic E-state index is 0.0604. The number of rotatable bonds is 8. The molecule has 1 heterocycles. The Morgan fingerprint density at radius 2 is 1.87 bits per heavy atom. The number of methoxy groups -OCH3 is 2. The first-order valence-electron chi connectivity index (χ1n) is 10.9. The topological polar surface area (TPSA) is 50.8 Å². The normalized spacial score (nSPS) is 17.9. The molecule has 1 aliphatic rings. The number of likely N-dealkylation sites (tertiary alicyclic amines) is 1. The molecule has 0 radical (unpaired) electrons. The van der Waals surface area contributed by atoms with E-state index >= 15 is 0 Å². The highest BCUT2D eigenvalue weighted by Crippen LogP contribution is 2.31. The van der Waals surface area contributed by atoms with Crippen molar-refractivity contribution in [2.75, 3.05) is 27.3 Å². The minimum Gasteiger partial charge on any atom is -0.493 e. The van der Waals surface area contributed by atoms with E-state index in [1.54, 1.807) is 14.2 Å². The Morgan fingerprint density at radius 1 is 1.13 bits per heavy atom. The number of hydrogen-bond acceptors (Lipinski definition) is 4. The van der Waals surface area contributed by atoms with Crippen LogP contribution in [-0.4, -0.2) is 38.1 Å². The van der Waals surface area contributed by atoms with Gasteiger partial charge in [0.2, 0.25) is 0 Å². The second-order valence-corrected chi connectivity index (χ2v) is 8.23. The predicted molar refractivity (Wildman–Crippen MR) is 120 cm³/mol. The van der Waals surface area contributed by atoms with Gasteiger partial charge >= 0.3 is 0 Å². The zero-order chi connectivity index (χ0) is 21.5. The Kier molecular flexibility index (Phi) is 7.75. The number of ether oxygens (including phenoxy) is 2. The molecule has 0 aromatic heterocycles. The van der Waals surface area contributed by atoms with Crippen LogP contribution in [0, 0.1) is 5.92 Å². The lowest BCUT2D eigenvalue weighted by Crippen LogP contribution is -2.33. The van der Waals surface area contributed by atoms with Crippen LogP contribution in [0.25, 0.3) is 0 Å². The van der Waals surface area contributed by atoms with Gasteiger partial charge < -0.3 is 14.8 Å². The summed E-state index contributed by atoms with van der Waals surface area (Å²) in [6.45, 7) is 7.66. The molecule has 1 N–H and O–H groups in total. The van der Waals surface area contributed by atoms with Crippen molar-refractivity contribution in [2.24, 2.45) is 5.92 Å². The Bertz CT molecular complexity index is 835. The van der Waals surface area contributed by atoms with Crippen molar-refractivity contribution in [1.29, 1.82) is 0 Å². The fourth-order valence-electron chi connectivity index (χ4n) is 4.18. The molecule has 162 valence electrons. The first-order chi connectivity index (χ1) is 14.5. The predicted octanol–water partition coefficient (Wildman–Crippen LogP) is 4.82. The molecule has 0 spiro atoms. The summed E-state index contributed by atoms with van der Waals surface area (Å²) in [5.41, 5.74) is 2.94. The van der Waals surface area contributed by atoms with Crippen LogP contribution < -0.4 is 14.8 Å². The van der Waals surface area contributed by atoms with Gasteiger partial charge in [0.25, 0.3) is 5.91 Å². The lowest BCUT2D eigenvalue weighted by molar-refractivity contribution is 0.0935. The van der Waals surface area contributed by atoms with Crippen LogP contribution >= 0.6 is 0 Å². The van der Waals surface area contributed by atoms with E-state index in [9.17, 15) is 4.79 Å². The number of nitrogens with zero attached hydrogens (tertiary/aromatic N) is 1. The second kappa shape index (κ2) is 10.5. The standard InChI is InChI=1S/C25H34N2O3/c1-5-22(21-12-13-23(29-3)24(15-21)30-4)26-25(28)20-10-8-19(9-11-20)17-27-14-6-7-18(2)16-27/h8-13,15,18,22H,5-7,14,16-17H2,1-4H3,(H,26,28)/t18-,22-/m1/s1. The van der Waals surface area contributed by atoms with Crippen molar-refractivity contribution >= 4 is 5.91 Å². The van der Waals surface area contributed by atoms with Gasteiger partial charge in [0, 0.05) is 18.7 Å². The van der Waals surface area contributed by atoms with E-state index in [1.165, 1.54) is 18.4 Å². The molecule has 0 bridgehead atoms. The molecular formula is C25H34N2O3. The number of nitrogens with one attached hydrogen (secondary N) is 1. The van der Waals surface area contributed by atoms with Gasteiger partial charge in [-0.3, -0.25) is 9.69 Å². The fourth-order valence-corrected chi connectivity index (χ4v) is 4.18. The van der Waals surface area contributed by atoms with Crippen LogP contribution in [-0.2, 0) is 6.54 Å². The first-order valence-corrected chi connectivity index (χ1v) is 10.9. The molecule has 0 saturated carbocycles. The molecule has 5 heteroatoms. The van der Waals surface area contributed by atoms with E-state index in [-0.39, 0.29) is 11.9 Å². The van der Waals surface area contributed by atoms with E-state index in [4.69, 9.17) is 9.47 Å². The summed E-state index contributed by atoms with van der Waals surface area (Å²) in [6, 6.07) is 13.7. The molecule has 3 rings (SSSR count). The van der Waals surface area contributed by atoms with E-state index in [0.29, 0.717) is 17.1 Å². The van der Waals surface area contributed by atoms with Gasteiger partial charge in [0.05, 0.1) is 20.3 Å². The average Bonchev–Trinajstić information content (AvgIpc) is 2.77. The second-order valence-electron chi connectivity index (χ2n) is 8.23. The molecule has 0 unspecified atom stereocenters. The molecule has 5 nitrogen and oxygen atoms in total. The van der Waals surface area contributed by atoms with E-state index in [1.807, 2.05) is 30.3 Å². The molecule has 1 amide bonds. The molecule has 1 aliphatic heterocycles. The maximum atomic E-state index is 12.8. The van der Waals surface area contributed by atoms with Gasteiger partial charge in [-0.1, -0.05) is 32.0 Å². The molecule has 2 aromatic carbocycles. The summed E-state index contributed by atoms with van der Waals surface area (Å²) >= 11 is 0. The molecule has 2 atom stereocenters. The third-order valence-electron chi connectivity index (χ3n) is 5.89. The highest BCUT2D eigenvalue weighted by molar-refractivity contribution is 5.94. The van der Waals surface area contributed by atoms with Gasteiger partial charge in [-0.15, -0.1) is 0 Å². The molecule has 2 aromatic rings. The SMILES string of the molecule is CC[C@@H](NC(=O)c1ccc(CN2CCC[C@@H](C)C2)cc1)c1ccc(OC)c(OC)c1. The van der Waals surface area contributed by atoms with Crippen molar-refractivity contribution in [3.05, 3.63) is 59.2 Å². The summed E-state index contributed by atoms with van der Waals surface area (Å²) in [5, 5.41) is 3.15. The maximum absolute atomic E-state index is 12.8. The van der Waals surface area contributed by atoms with E-state index < -0.39 is 0 Å². The van der Waals surface area contributed by atoms with Gasteiger partial charge in [-0.25, -0.2) is 0 Å². The van der Waals surface area contributed by atoms with Crippen LogP contribution in [0.4, 0.5) is 0 Å². The fraction of sp³-hybridized carbons (Fsp3) is 0.480. The van der Waals surface area contributed by atoms with Crippen molar-refractivity contribution in [1.82, 2.24) is 10.2 Å². The van der Waals surface area contributed by atoms with Gasteiger partial charge in [-0.05, 0) is 67.1 Å². The third-order valence-corrected chi connectivity index (χ3v) is 5.89. The molecule has 30 heavy (non-hydrogen) atoms. The first kappa shape index (κ1) is 22.2. The number of benzene rings is 2. The molecule has 0 aliphatic carbocycles. The third kappa shape index (κ3) is 5.54. The molecule has 1 saturated heterocycles.